The minimum absolute atomic E-state index is 0.128. The van der Waals surface area contributed by atoms with E-state index in [2.05, 4.69) is 16.3 Å². The summed E-state index contributed by atoms with van der Waals surface area (Å²) in [6.07, 6.45) is 8.91. The molecule has 0 fully saturated rings. The predicted molar refractivity (Wildman–Crippen MR) is 120 cm³/mol. The normalized spacial score (nSPS) is 12.5. The first-order chi connectivity index (χ1) is 15.5. The van der Waals surface area contributed by atoms with Crippen LogP contribution in [0.15, 0.2) is 48.5 Å². The number of carbonyl (C=O) groups excluding carboxylic acids is 2. The molecule has 1 aromatic heterocycles. The van der Waals surface area contributed by atoms with Crippen molar-refractivity contribution in [1.82, 2.24) is 14.7 Å². The number of hydrogen-bond donors (Lipinski definition) is 1. The number of carbonyl (C=O) groups is 2. The van der Waals surface area contributed by atoms with Crippen molar-refractivity contribution >= 4 is 17.5 Å². The Hall–Kier alpha value is -3.92. The van der Waals surface area contributed by atoms with Crippen LogP contribution in [-0.4, -0.2) is 40.1 Å². The molecule has 1 aliphatic rings. The third-order valence-electron chi connectivity index (χ3n) is 5.49. The van der Waals surface area contributed by atoms with E-state index in [9.17, 15) is 14.0 Å². The topological polar surface area (TPSA) is 67.2 Å². The van der Waals surface area contributed by atoms with Crippen molar-refractivity contribution in [2.24, 2.45) is 0 Å². The monoisotopic (exact) mass is 430 g/mol. The second-order valence-corrected chi connectivity index (χ2v) is 7.80. The number of benzene rings is 2. The summed E-state index contributed by atoms with van der Waals surface area (Å²) in [5, 5.41) is 7.34. The molecule has 0 aliphatic heterocycles. The molecule has 1 N–H and O–H groups in total. The van der Waals surface area contributed by atoms with Gasteiger partial charge in [0.2, 0.25) is 5.91 Å². The van der Waals surface area contributed by atoms with Crippen molar-refractivity contribution in [3.63, 3.8) is 0 Å². The molecule has 0 saturated heterocycles. The van der Waals surface area contributed by atoms with Crippen molar-refractivity contribution < 1.29 is 14.0 Å². The van der Waals surface area contributed by atoms with E-state index in [-0.39, 0.29) is 24.2 Å². The molecule has 0 atom stereocenters. The van der Waals surface area contributed by atoms with E-state index < -0.39 is 0 Å². The highest BCUT2D eigenvalue weighted by molar-refractivity contribution is 5.99. The van der Waals surface area contributed by atoms with E-state index in [1.165, 1.54) is 17.0 Å². The maximum Gasteiger partial charge on any atom is 0.274 e. The largest absolute Gasteiger partial charge is 0.331 e. The van der Waals surface area contributed by atoms with Gasteiger partial charge >= 0.3 is 0 Å². The standard InChI is InChI=1S/C25H23FN4O2/c1-3-17-7-6-8-19(15-17)27-23(31)16-29(2)25(32)24-21-9-4-5-10-22(21)30(28-24)20-13-11-18(26)12-14-20/h1,6-8,11-15H,4-5,9-10,16H2,2H3,(H,27,31). The van der Waals surface area contributed by atoms with E-state index in [1.54, 1.807) is 48.1 Å². The Morgan fingerprint density at radius 2 is 1.94 bits per heavy atom. The summed E-state index contributed by atoms with van der Waals surface area (Å²) < 4.78 is 15.1. The van der Waals surface area contributed by atoms with Crippen molar-refractivity contribution in [1.29, 1.82) is 0 Å². The zero-order chi connectivity index (χ0) is 22.7. The molecule has 4 rings (SSSR count). The average Bonchev–Trinajstić information content (AvgIpc) is 3.18. The molecule has 7 heteroatoms. The summed E-state index contributed by atoms with van der Waals surface area (Å²) in [7, 11) is 1.58. The first-order valence-electron chi connectivity index (χ1n) is 10.4. The average molecular weight is 430 g/mol. The molecule has 2 amide bonds. The minimum Gasteiger partial charge on any atom is -0.331 e. The molecule has 162 valence electrons. The minimum atomic E-state index is -0.332. The lowest BCUT2D eigenvalue weighted by molar-refractivity contribution is -0.116. The summed E-state index contributed by atoms with van der Waals surface area (Å²) in [6.45, 7) is -0.128. The first-order valence-corrected chi connectivity index (χ1v) is 10.4. The first kappa shape index (κ1) is 21.3. The Balaban J connectivity index is 1.54. The van der Waals surface area contributed by atoms with Gasteiger partial charge in [0.15, 0.2) is 5.69 Å². The van der Waals surface area contributed by atoms with Gasteiger partial charge in [-0.05, 0) is 68.1 Å². The van der Waals surface area contributed by atoms with Gasteiger partial charge in [0.05, 0.1) is 12.2 Å². The zero-order valence-electron chi connectivity index (χ0n) is 17.8. The van der Waals surface area contributed by atoms with Gasteiger partial charge in [0, 0.05) is 29.6 Å². The molecule has 0 spiro atoms. The van der Waals surface area contributed by atoms with Gasteiger partial charge in [-0.15, -0.1) is 6.42 Å². The van der Waals surface area contributed by atoms with Gasteiger partial charge < -0.3 is 10.2 Å². The molecule has 1 aliphatic carbocycles. The summed E-state index contributed by atoms with van der Waals surface area (Å²) in [6, 6.07) is 13.0. The summed E-state index contributed by atoms with van der Waals surface area (Å²) in [4.78, 5) is 27.0. The Labute approximate surface area is 186 Å². The van der Waals surface area contributed by atoms with Crippen LogP contribution in [0.3, 0.4) is 0 Å². The Bertz CT molecular complexity index is 1210. The molecular formula is C25H23FN4O2. The van der Waals surface area contributed by atoms with Crippen LogP contribution in [0.25, 0.3) is 5.69 Å². The molecule has 0 saturated carbocycles. The number of likely N-dealkylation sites (N-methyl/N-ethyl adjacent to an activating group) is 1. The van der Waals surface area contributed by atoms with Crippen molar-refractivity contribution in [3.05, 3.63) is 76.9 Å². The molecule has 6 nitrogen and oxygen atoms in total. The Morgan fingerprint density at radius 1 is 1.19 bits per heavy atom. The summed E-state index contributed by atoms with van der Waals surface area (Å²) in [5.74, 6) is 1.54. The number of terminal acetylenes is 1. The highest BCUT2D eigenvalue weighted by Crippen LogP contribution is 2.27. The van der Waals surface area contributed by atoms with Crippen molar-refractivity contribution in [2.45, 2.75) is 25.7 Å². The van der Waals surface area contributed by atoms with Crippen LogP contribution < -0.4 is 5.32 Å². The highest BCUT2D eigenvalue weighted by atomic mass is 19.1. The number of rotatable bonds is 5. The molecule has 2 aromatic carbocycles. The molecule has 0 bridgehead atoms. The predicted octanol–water partition coefficient (Wildman–Crippen LogP) is 3.58. The maximum absolute atomic E-state index is 13.4. The van der Waals surface area contributed by atoms with E-state index in [0.717, 1.165) is 36.9 Å². The quantitative estimate of drug-likeness (QED) is 0.629. The fourth-order valence-electron chi connectivity index (χ4n) is 3.92. The van der Waals surface area contributed by atoms with Crippen LogP contribution in [0.5, 0.6) is 0 Å². The lowest BCUT2D eigenvalue weighted by Crippen LogP contribution is -2.35. The second-order valence-electron chi connectivity index (χ2n) is 7.80. The number of nitrogens with one attached hydrogen (secondary N) is 1. The fourth-order valence-corrected chi connectivity index (χ4v) is 3.92. The van der Waals surface area contributed by atoms with Crippen molar-refractivity contribution in [3.8, 4) is 18.0 Å². The van der Waals surface area contributed by atoms with Gasteiger partial charge in [-0.2, -0.15) is 5.10 Å². The highest BCUT2D eigenvalue weighted by Gasteiger charge is 2.28. The number of halogens is 1. The van der Waals surface area contributed by atoms with Crippen LogP contribution in [-0.2, 0) is 17.6 Å². The van der Waals surface area contributed by atoms with Gasteiger partial charge in [0.1, 0.15) is 5.82 Å². The fraction of sp³-hybridized carbons (Fsp3) is 0.240. The third-order valence-corrected chi connectivity index (χ3v) is 5.49. The van der Waals surface area contributed by atoms with E-state index in [0.29, 0.717) is 22.6 Å². The summed E-state index contributed by atoms with van der Waals surface area (Å²) in [5.41, 5.74) is 4.15. The number of anilines is 1. The van der Waals surface area contributed by atoms with Gasteiger partial charge in [-0.25, -0.2) is 9.07 Å². The molecule has 1 heterocycles. The van der Waals surface area contributed by atoms with Crippen LogP contribution in [0, 0.1) is 18.2 Å². The van der Waals surface area contributed by atoms with Gasteiger partial charge in [-0.3, -0.25) is 9.59 Å². The Morgan fingerprint density at radius 3 is 2.69 bits per heavy atom. The third kappa shape index (κ3) is 4.40. The lowest BCUT2D eigenvalue weighted by atomic mass is 9.95. The van der Waals surface area contributed by atoms with E-state index in [1.807, 2.05) is 0 Å². The molecule has 32 heavy (non-hydrogen) atoms. The van der Waals surface area contributed by atoms with Crippen LogP contribution in [0.4, 0.5) is 10.1 Å². The van der Waals surface area contributed by atoms with Gasteiger partial charge in [-0.1, -0.05) is 12.0 Å². The number of fused-ring (bicyclic) bond motifs is 1. The Kier molecular flexibility index (Phi) is 6.04. The molecule has 0 radical (unpaired) electrons. The zero-order valence-corrected chi connectivity index (χ0v) is 17.8. The maximum atomic E-state index is 13.4. The number of nitrogens with zero attached hydrogens (tertiary/aromatic N) is 3. The number of amides is 2. The molecule has 0 unspecified atom stereocenters. The molecular weight excluding hydrogens is 407 g/mol. The van der Waals surface area contributed by atoms with Crippen LogP contribution in [0.2, 0.25) is 0 Å². The summed E-state index contributed by atoms with van der Waals surface area (Å²) >= 11 is 0. The van der Waals surface area contributed by atoms with Crippen LogP contribution >= 0.6 is 0 Å². The number of hydrogen-bond acceptors (Lipinski definition) is 3. The second kappa shape index (κ2) is 9.06. The van der Waals surface area contributed by atoms with E-state index in [4.69, 9.17) is 6.42 Å². The smallest absolute Gasteiger partial charge is 0.274 e. The number of aromatic nitrogens is 2. The van der Waals surface area contributed by atoms with Crippen molar-refractivity contribution in [2.75, 3.05) is 18.9 Å². The van der Waals surface area contributed by atoms with Crippen LogP contribution in [0.1, 0.15) is 40.2 Å². The SMILES string of the molecule is C#Cc1cccc(NC(=O)CN(C)C(=O)c2nn(-c3ccc(F)cc3)c3c2CCCC3)c1. The molecule has 3 aromatic rings. The van der Waals surface area contributed by atoms with Gasteiger partial charge in [0.25, 0.3) is 5.91 Å². The van der Waals surface area contributed by atoms with E-state index >= 15 is 0 Å². The lowest BCUT2D eigenvalue weighted by Gasteiger charge is -2.17.